The van der Waals surface area contributed by atoms with Crippen LogP contribution in [-0.4, -0.2) is 44.1 Å². The van der Waals surface area contributed by atoms with Crippen molar-refractivity contribution in [3.63, 3.8) is 0 Å². The summed E-state index contributed by atoms with van der Waals surface area (Å²) in [6.45, 7) is 8.26. The Balaban J connectivity index is 2.53. The fraction of sp³-hybridized carbons (Fsp3) is 0.625. The first-order chi connectivity index (χ1) is 9.31. The van der Waals surface area contributed by atoms with Gasteiger partial charge in [0.15, 0.2) is 0 Å². The first-order valence-corrected chi connectivity index (χ1v) is 7.04. The summed E-state index contributed by atoms with van der Waals surface area (Å²) >= 11 is 0. The molecule has 0 aliphatic rings. The summed E-state index contributed by atoms with van der Waals surface area (Å²) in [5.41, 5.74) is 2.48. The van der Waals surface area contributed by atoms with E-state index in [1.165, 1.54) is 5.56 Å². The highest BCUT2D eigenvalue weighted by Gasteiger charge is 2.10. The largest absolute Gasteiger partial charge is 0.389 e. The maximum atomic E-state index is 9.73. The zero-order valence-electron chi connectivity index (χ0n) is 13.3. The van der Waals surface area contributed by atoms with Crippen LogP contribution < -0.4 is 10.2 Å². The van der Waals surface area contributed by atoms with Crippen molar-refractivity contribution in [2.24, 2.45) is 0 Å². The van der Waals surface area contributed by atoms with Crippen LogP contribution in [0.3, 0.4) is 0 Å². The minimum absolute atomic E-state index is 0.125. The molecule has 4 nitrogen and oxygen atoms in total. The Labute approximate surface area is 122 Å². The van der Waals surface area contributed by atoms with Gasteiger partial charge in [0.05, 0.1) is 12.7 Å². The normalized spacial score (nSPS) is 13.3. The molecule has 114 valence electrons. The van der Waals surface area contributed by atoms with E-state index in [-0.39, 0.29) is 5.54 Å². The van der Waals surface area contributed by atoms with Crippen LogP contribution in [0, 0.1) is 0 Å². The van der Waals surface area contributed by atoms with Crippen molar-refractivity contribution < 1.29 is 9.84 Å². The lowest BCUT2D eigenvalue weighted by Gasteiger charge is -2.23. The number of rotatable bonds is 7. The van der Waals surface area contributed by atoms with E-state index in [1.807, 2.05) is 11.9 Å². The number of likely N-dealkylation sites (N-methyl/N-ethyl adjacent to an activating group) is 1. The number of benzene rings is 1. The van der Waals surface area contributed by atoms with Gasteiger partial charge in [-0.15, -0.1) is 0 Å². The summed E-state index contributed by atoms with van der Waals surface area (Å²) < 4.78 is 4.94. The van der Waals surface area contributed by atoms with Gasteiger partial charge in [-0.25, -0.2) is 0 Å². The fourth-order valence-corrected chi connectivity index (χ4v) is 1.90. The van der Waals surface area contributed by atoms with Gasteiger partial charge >= 0.3 is 0 Å². The van der Waals surface area contributed by atoms with Crippen molar-refractivity contribution in [1.82, 2.24) is 5.32 Å². The second kappa shape index (κ2) is 7.62. The van der Waals surface area contributed by atoms with Crippen LogP contribution in [0.4, 0.5) is 5.69 Å². The van der Waals surface area contributed by atoms with Gasteiger partial charge in [-0.2, -0.15) is 0 Å². The summed E-state index contributed by atoms with van der Waals surface area (Å²) in [5, 5.41) is 13.2. The van der Waals surface area contributed by atoms with E-state index in [9.17, 15) is 5.11 Å². The van der Waals surface area contributed by atoms with E-state index in [1.54, 1.807) is 7.11 Å². The van der Waals surface area contributed by atoms with Gasteiger partial charge in [0.1, 0.15) is 0 Å². The van der Waals surface area contributed by atoms with Crippen LogP contribution in [0.25, 0.3) is 0 Å². The number of hydrogen-bond donors (Lipinski definition) is 2. The smallest absolute Gasteiger partial charge is 0.0947 e. The van der Waals surface area contributed by atoms with Crippen molar-refractivity contribution in [3.05, 3.63) is 29.8 Å². The highest BCUT2D eigenvalue weighted by atomic mass is 16.5. The molecule has 0 aromatic heterocycles. The van der Waals surface area contributed by atoms with E-state index in [4.69, 9.17) is 4.74 Å². The summed E-state index contributed by atoms with van der Waals surface area (Å²) in [5.74, 6) is 0. The lowest BCUT2D eigenvalue weighted by molar-refractivity contribution is 0.0695. The highest BCUT2D eigenvalue weighted by Crippen LogP contribution is 2.15. The average molecular weight is 280 g/mol. The van der Waals surface area contributed by atoms with Crippen molar-refractivity contribution in [2.75, 3.05) is 32.2 Å². The molecule has 0 heterocycles. The Kier molecular flexibility index (Phi) is 6.46. The number of aliphatic hydroxyl groups is 1. The summed E-state index contributed by atoms with van der Waals surface area (Å²) in [7, 11) is 3.57. The zero-order chi connectivity index (χ0) is 15.2. The van der Waals surface area contributed by atoms with Crippen LogP contribution >= 0.6 is 0 Å². The molecule has 1 rings (SSSR count). The predicted octanol–water partition coefficient (Wildman–Crippen LogP) is 2.02. The molecule has 0 aliphatic heterocycles. The standard InChI is InChI=1S/C16H28N2O2/c1-16(2,3)17-10-13-6-8-14(9-7-13)18(4)11-15(19)12-20-5/h6-9,15,17,19H,10-12H2,1-5H3. The van der Waals surface area contributed by atoms with E-state index < -0.39 is 6.10 Å². The van der Waals surface area contributed by atoms with Gasteiger partial charge < -0.3 is 20.1 Å². The summed E-state index contributed by atoms with van der Waals surface area (Å²) in [6.07, 6.45) is -0.466. The molecule has 2 N–H and O–H groups in total. The molecule has 1 atom stereocenters. The van der Waals surface area contributed by atoms with Crippen LogP contribution in [0.5, 0.6) is 0 Å². The fourth-order valence-electron chi connectivity index (χ4n) is 1.90. The first kappa shape index (κ1) is 17.0. The minimum atomic E-state index is -0.466. The molecule has 0 fully saturated rings. The minimum Gasteiger partial charge on any atom is -0.389 e. The molecule has 0 amide bonds. The molecule has 0 saturated carbocycles. The monoisotopic (exact) mass is 280 g/mol. The molecule has 4 heteroatoms. The molecular weight excluding hydrogens is 252 g/mol. The van der Waals surface area contributed by atoms with Crippen molar-refractivity contribution >= 4 is 5.69 Å². The van der Waals surface area contributed by atoms with Crippen LogP contribution in [-0.2, 0) is 11.3 Å². The number of aliphatic hydroxyl groups excluding tert-OH is 1. The van der Waals surface area contributed by atoms with Crippen molar-refractivity contribution in [2.45, 2.75) is 39.0 Å². The maximum Gasteiger partial charge on any atom is 0.0947 e. The number of hydrogen-bond acceptors (Lipinski definition) is 4. The lowest BCUT2D eigenvalue weighted by atomic mass is 10.1. The Morgan fingerprint density at radius 1 is 1.25 bits per heavy atom. The van der Waals surface area contributed by atoms with E-state index in [0.717, 1.165) is 12.2 Å². The summed E-state index contributed by atoms with van der Waals surface area (Å²) in [6, 6.07) is 8.40. The van der Waals surface area contributed by atoms with Crippen LogP contribution in [0.15, 0.2) is 24.3 Å². The molecule has 1 aromatic carbocycles. The molecule has 0 saturated heterocycles. The molecule has 20 heavy (non-hydrogen) atoms. The molecule has 0 spiro atoms. The van der Waals surface area contributed by atoms with Crippen molar-refractivity contribution in [3.8, 4) is 0 Å². The number of ether oxygens (including phenoxy) is 1. The summed E-state index contributed by atoms with van der Waals surface area (Å²) in [4.78, 5) is 2.03. The van der Waals surface area contributed by atoms with Crippen LogP contribution in [0.1, 0.15) is 26.3 Å². The topological polar surface area (TPSA) is 44.7 Å². The van der Waals surface area contributed by atoms with Gasteiger partial charge in [-0.3, -0.25) is 0 Å². The molecule has 1 aromatic rings. The number of anilines is 1. The molecule has 0 aliphatic carbocycles. The van der Waals surface area contributed by atoms with Crippen LogP contribution in [0.2, 0.25) is 0 Å². The SMILES string of the molecule is COCC(O)CN(C)c1ccc(CNC(C)(C)C)cc1. The quantitative estimate of drug-likeness (QED) is 0.802. The van der Waals surface area contributed by atoms with Gasteiger partial charge in [0.2, 0.25) is 0 Å². The van der Waals surface area contributed by atoms with E-state index in [2.05, 4.69) is 50.4 Å². The highest BCUT2D eigenvalue weighted by molar-refractivity contribution is 5.47. The third kappa shape index (κ3) is 6.37. The second-order valence-electron chi connectivity index (χ2n) is 6.26. The van der Waals surface area contributed by atoms with Gasteiger partial charge in [-0.05, 0) is 38.5 Å². The second-order valence-corrected chi connectivity index (χ2v) is 6.26. The van der Waals surface area contributed by atoms with E-state index >= 15 is 0 Å². The Bertz CT molecular complexity index is 384. The Morgan fingerprint density at radius 2 is 1.85 bits per heavy atom. The van der Waals surface area contributed by atoms with Gasteiger partial charge in [0, 0.05) is 38.5 Å². The lowest BCUT2D eigenvalue weighted by Crippen LogP contribution is -2.35. The molecule has 0 bridgehead atoms. The van der Waals surface area contributed by atoms with Gasteiger partial charge in [-0.1, -0.05) is 12.1 Å². The molecule has 0 radical (unpaired) electrons. The number of nitrogens with one attached hydrogen (secondary N) is 1. The number of methoxy groups -OCH3 is 1. The van der Waals surface area contributed by atoms with Crippen molar-refractivity contribution in [1.29, 1.82) is 0 Å². The van der Waals surface area contributed by atoms with Gasteiger partial charge in [0.25, 0.3) is 0 Å². The molecule has 1 unspecified atom stereocenters. The average Bonchev–Trinajstić information content (AvgIpc) is 2.36. The third-order valence-corrected chi connectivity index (χ3v) is 3.04. The number of nitrogens with zero attached hydrogens (tertiary/aromatic N) is 1. The zero-order valence-corrected chi connectivity index (χ0v) is 13.3. The third-order valence-electron chi connectivity index (χ3n) is 3.04. The van der Waals surface area contributed by atoms with E-state index in [0.29, 0.717) is 13.2 Å². The Hall–Kier alpha value is -1.10. The maximum absolute atomic E-state index is 9.73. The Morgan fingerprint density at radius 3 is 2.35 bits per heavy atom. The first-order valence-electron chi connectivity index (χ1n) is 7.04. The molecular formula is C16H28N2O2. The predicted molar refractivity (Wildman–Crippen MR) is 84.2 cm³/mol.